The first-order valence-electron chi connectivity index (χ1n) is 10.9. The highest BCUT2D eigenvalue weighted by Crippen LogP contribution is 2.40. The molecule has 2 aromatic carbocycles. The van der Waals surface area contributed by atoms with Crippen molar-refractivity contribution in [3.8, 4) is 0 Å². The number of hydrogen-bond donors (Lipinski definition) is 2. The molecule has 1 heterocycles. The average molecular weight is 394 g/mol. The Morgan fingerprint density at radius 3 is 2.69 bits per heavy atom. The van der Waals surface area contributed by atoms with Gasteiger partial charge in [-0.25, -0.2) is 0 Å². The zero-order valence-electron chi connectivity index (χ0n) is 17.1. The minimum absolute atomic E-state index is 0.0162. The molecule has 0 bridgehead atoms. The Morgan fingerprint density at radius 1 is 1.14 bits per heavy atom. The highest BCUT2D eigenvalue weighted by Gasteiger charge is 2.47. The molecule has 2 amide bonds. The second kappa shape index (κ2) is 8.54. The van der Waals surface area contributed by atoms with Crippen LogP contribution in [0.15, 0.2) is 42.5 Å². The molecule has 2 fully saturated rings. The number of amides is 2. The fraction of sp³-hybridized carbons (Fsp3) is 0.500. The molecule has 4 rings (SSSR count). The van der Waals surface area contributed by atoms with Crippen LogP contribution in [0.2, 0.25) is 0 Å². The van der Waals surface area contributed by atoms with Gasteiger partial charge in [0, 0.05) is 24.2 Å². The number of hydrogen-bond acceptors (Lipinski definition) is 3. The first-order valence-corrected chi connectivity index (χ1v) is 10.9. The van der Waals surface area contributed by atoms with Gasteiger partial charge in [0.1, 0.15) is 6.04 Å². The van der Waals surface area contributed by atoms with Crippen molar-refractivity contribution in [3.63, 3.8) is 0 Å². The molecule has 5 nitrogen and oxygen atoms in total. The number of benzene rings is 2. The van der Waals surface area contributed by atoms with Crippen LogP contribution in [0.25, 0.3) is 10.8 Å². The molecule has 1 saturated heterocycles. The molecule has 2 aliphatic rings. The predicted octanol–water partition coefficient (Wildman–Crippen LogP) is 3.47. The van der Waals surface area contributed by atoms with Gasteiger partial charge in [0.05, 0.1) is 0 Å². The van der Waals surface area contributed by atoms with Crippen molar-refractivity contribution in [2.75, 3.05) is 6.54 Å². The quantitative estimate of drug-likeness (QED) is 0.817. The number of rotatable bonds is 5. The fourth-order valence-corrected chi connectivity index (χ4v) is 5.00. The fourth-order valence-electron chi connectivity index (χ4n) is 5.00. The lowest BCUT2D eigenvalue weighted by Gasteiger charge is -2.33. The third-order valence-electron chi connectivity index (χ3n) is 6.52. The Kier molecular flexibility index (Phi) is 5.86. The molecule has 0 radical (unpaired) electrons. The van der Waals surface area contributed by atoms with Crippen LogP contribution in [0.5, 0.6) is 0 Å². The molecule has 3 N–H and O–H groups in total. The topological polar surface area (TPSA) is 75.4 Å². The lowest BCUT2D eigenvalue weighted by molar-refractivity contribution is -0.125. The lowest BCUT2D eigenvalue weighted by atomic mass is 9.84. The third-order valence-corrected chi connectivity index (χ3v) is 6.52. The molecular formula is C24H31N3O2. The molecule has 4 atom stereocenters. The van der Waals surface area contributed by atoms with Crippen molar-refractivity contribution in [1.82, 2.24) is 10.2 Å². The second-order valence-electron chi connectivity index (χ2n) is 8.69. The Labute approximate surface area is 172 Å². The normalized spacial score (nSPS) is 24.9. The number of nitrogens with one attached hydrogen (secondary N) is 1. The number of nitrogens with zero attached hydrogens (tertiary/aromatic N) is 1. The van der Waals surface area contributed by atoms with Crippen LogP contribution in [0.1, 0.15) is 55.8 Å². The maximum atomic E-state index is 13.6. The van der Waals surface area contributed by atoms with E-state index in [2.05, 4.69) is 5.32 Å². The first-order chi connectivity index (χ1) is 14.0. The molecule has 1 aliphatic heterocycles. The van der Waals surface area contributed by atoms with E-state index < -0.39 is 0 Å². The summed E-state index contributed by atoms with van der Waals surface area (Å²) in [6.07, 6.45) is 5.93. The molecule has 0 spiro atoms. The van der Waals surface area contributed by atoms with Crippen LogP contribution in [0.4, 0.5) is 0 Å². The molecule has 0 aromatic heterocycles. The zero-order valence-corrected chi connectivity index (χ0v) is 17.1. The van der Waals surface area contributed by atoms with Crippen molar-refractivity contribution in [3.05, 3.63) is 48.0 Å². The van der Waals surface area contributed by atoms with Gasteiger partial charge in [0.25, 0.3) is 5.91 Å². The van der Waals surface area contributed by atoms with Gasteiger partial charge in [-0.2, -0.15) is 0 Å². The molecule has 154 valence electrons. The van der Waals surface area contributed by atoms with Crippen molar-refractivity contribution < 1.29 is 9.59 Å². The summed E-state index contributed by atoms with van der Waals surface area (Å²) >= 11 is 0. The van der Waals surface area contributed by atoms with Gasteiger partial charge < -0.3 is 16.0 Å². The zero-order chi connectivity index (χ0) is 20.4. The SMILES string of the molecule is CC(N)CCNC(=O)C1CC2CCCCC2N1C(=O)c1ccc2ccccc2c1. The van der Waals surface area contributed by atoms with Gasteiger partial charge in [-0.05, 0) is 61.4 Å². The smallest absolute Gasteiger partial charge is 0.254 e. The molecule has 4 unspecified atom stereocenters. The van der Waals surface area contributed by atoms with Crippen LogP contribution in [-0.4, -0.2) is 41.4 Å². The second-order valence-corrected chi connectivity index (χ2v) is 8.69. The highest BCUT2D eigenvalue weighted by molar-refractivity contribution is 6.01. The maximum absolute atomic E-state index is 13.6. The predicted molar refractivity (Wildman–Crippen MR) is 116 cm³/mol. The summed E-state index contributed by atoms with van der Waals surface area (Å²) in [4.78, 5) is 28.4. The molecule has 29 heavy (non-hydrogen) atoms. The maximum Gasteiger partial charge on any atom is 0.254 e. The molecule has 2 aromatic rings. The Bertz CT molecular complexity index is 895. The summed E-state index contributed by atoms with van der Waals surface area (Å²) in [6, 6.07) is 13.7. The molecular weight excluding hydrogens is 362 g/mol. The van der Waals surface area contributed by atoms with Gasteiger partial charge in [-0.3, -0.25) is 9.59 Å². The molecule has 1 saturated carbocycles. The summed E-state index contributed by atoms with van der Waals surface area (Å²) in [6.45, 7) is 2.49. The van der Waals surface area contributed by atoms with Gasteiger partial charge in [0.15, 0.2) is 0 Å². The van der Waals surface area contributed by atoms with Crippen LogP contribution < -0.4 is 11.1 Å². The first kappa shape index (κ1) is 19.9. The lowest BCUT2D eigenvalue weighted by Crippen LogP contribution is -2.50. The van der Waals surface area contributed by atoms with Crippen molar-refractivity contribution >= 4 is 22.6 Å². The van der Waals surface area contributed by atoms with E-state index in [1.807, 2.05) is 54.3 Å². The number of nitrogens with two attached hydrogens (primary N) is 1. The number of fused-ring (bicyclic) bond motifs is 2. The summed E-state index contributed by atoms with van der Waals surface area (Å²) in [7, 11) is 0. The van der Waals surface area contributed by atoms with Gasteiger partial charge in [-0.1, -0.05) is 43.2 Å². The Balaban J connectivity index is 1.59. The van der Waals surface area contributed by atoms with Crippen LogP contribution in [-0.2, 0) is 4.79 Å². The van der Waals surface area contributed by atoms with Crippen LogP contribution in [0, 0.1) is 5.92 Å². The standard InChI is InChI=1S/C24H31N3O2/c1-16(25)12-13-26-23(28)22-15-19-8-4-5-9-21(19)27(22)24(29)20-11-10-17-6-2-3-7-18(17)14-20/h2-3,6-7,10-11,14,16,19,21-22H,4-5,8-9,12-13,15,25H2,1H3,(H,26,28). The molecule has 5 heteroatoms. The van der Waals surface area contributed by atoms with E-state index in [0.717, 1.165) is 42.9 Å². The minimum atomic E-state index is -0.379. The Morgan fingerprint density at radius 2 is 1.90 bits per heavy atom. The van der Waals surface area contributed by atoms with Gasteiger partial charge in [-0.15, -0.1) is 0 Å². The number of carbonyl (C=O) groups is 2. The van der Waals surface area contributed by atoms with E-state index in [9.17, 15) is 9.59 Å². The van der Waals surface area contributed by atoms with Crippen molar-refractivity contribution in [2.24, 2.45) is 11.7 Å². The van der Waals surface area contributed by atoms with Crippen LogP contribution >= 0.6 is 0 Å². The third kappa shape index (κ3) is 4.15. The van der Waals surface area contributed by atoms with Crippen LogP contribution in [0.3, 0.4) is 0 Å². The average Bonchev–Trinajstić information content (AvgIpc) is 3.12. The Hall–Kier alpha value is -2.40. The monoisotopic (exact) mass is 393 g/mol. The van der Waals surface area contributed by atoms with Crippen molar-refractivity contribution in [2.45, 2.75) is 63.6 Å². The number of carbonyl (C=O) groups excluding carboxylic acids is 2. The summed E-state index contributed by atoms with van der Waals surface area (Å²) in [5.41, 5.74) is 6.48. The number of likely N-dealkylation sites (tertiary alicyclic amines) is 1. The summed E-state index contributed by atoms with van der Waals surface area (Å²) in [5.74, 6) is 0.379. The highest BCUT2D eigenvalue weighted by atomic mass is 16.2. The minimum Gasteiger partial charge on any atom is -0.354 e. The van der Waals surface area contributed by atoms with E-state index in [1.165, 1.54) is 6.42 Å². The van der Waals surface area contributed by atoms with E-state index >= 15 is 0 Å². The largest absolute Gasteiger partial charge is 0.354 e. The summed E-state index contributed by atoms with van der Waals surface area (Å²) in [5, 5.41) is 5.19. The van der Waals surface area contributed by atoms with E-state index in [0.29, 0.717) is 18.0 Å². The van der Waals surface area contributed by atoms with Gasteiger partial charge in [0.2, 0.25) is 5.91 Å². The summed E-state index contributed by atoms with van der Waals surface area (Å²) < 4.78 is 0. The van der Waals surface area contributed by atoms with Gasteiger partial charge >= 0.3 is 0 Å². The van der Waals surface area contributed by atoms with E-state index in [4.69, 9.17) is 5.73 Å². The van der Waals surface area contributed by atoms with E-state index in [-0.39, 0.29) is 29.9 Å². The molecule has 1 aliphatic carbocycles. The van der Waals surface area contributed by atoms with Crippen molar-refractivity contribution in [1.29, 1.82) is 0 Å². The van der Waals surface area contributed by atoms with E-state index in [1.54, 1.807) is 0 Å².